The van der Waals surface area contributed by atoms with Gasteiger partial charge in [-0.1, -0.05) is 0 Å². The lowest BCUT2D eigenvalue weighted by molar-refractivity contribution is 0.106. The van der Waals surface area contributed by atoms with Gasteiger partial charge in [-0.2, -0.15) is 11.8 Å². The quantitative estimate of drug-likeness (QED) is 0.856. The summed E-state index contributed by atoms with van der Waals surface area (Å²) in [6.07, 6.45) is 2.55. The summed E-state index contributed by atoms with van der Waals surface area (Å²) >= 11 is 2.11. The Morgan fingerprint density at radius 1 is 1.26 bits per heavy atom. The average Bonchev–Trinajstić information content (AvgIpc) is 2.64. The highest BCUT2D eigenvalue weighted by Gasteiger charge is 2.37. The lowest BCUT2D eigenvalue weighted by Crippen LogP contribution is -2.49. The van der Waals surface area contributed by atoms with Crippen molar-refractivity contribution >= 4 is 11.8 Å². The van der Waals surface area contributed by atoms with Gasteiger partial charge in [0.15, 0.2) is 0 Å². The van der Waals surface area contributed by atoms with Crippen molar-refractivity contribution in [3.63, 3.8) is 0 Å². The Bertz CT molecular complexity index is 264. The van der Waals surface area contributed by atoms with Gasteiger partial charge in [-0.3, -0.25) is 0 Å². The molecular weight excluding hydrogens is 256 g/mol. The second kappa shape index (κ2) is 6.79. The lowest BCUT2D eigenvalue weighted by Gasteiger charge is -2.36. The molecule has 2 rings (SSSR count). The van der Waals surface area contributed by atoms with Gasteiger partial charge in [0, 0.05) is 42.9 Å². The van der Waals surface area contributed by atoms with Crippen LogP contribution in [-0.2, 0) is 4.74 Å². The molecule has 2 aliphatic heterocycles. The maximum atomic E-state index is 5.73. The van der Waals surface area contributed by atoms with Crippen molar-refractivity contribution in [1.29, 1.82) is 0 Å². The molecule has 0 aliphatic carbocycles. The molecule has 2 saturated heterocycles. The van der Waals surface area contributed by atoms with Crippen LogP contribution in [0.1, 0.15) is 33.6 Å². The fourth-order valence-electron chi connectivity index (χ4n) is 2.85. The molecule has 1 N–H and O–H groups in total. The number of nitrogens with one attached hydrogen (secondary N) is 1. The Balaban J connectivity index is 1.90. The molecule has 2 fully saturated rings. The van der Waals surface area contributed by atoms with Crippen LogP contribution >= 0.6 is 11.8 Å². The van der Waals surface area contributed by atoms with Crippen LogP contribution in [0.15, 0.2) is 0 Å². The summed E-state index contributed by atoms with van der Waals surface area (Å²) in [5.74, 6) is 2.63. The highest BCUT2D eigenvalue weighted by atomic mass is 32.2. The van der Waals surface area contributed by atoms with Crippen LogP contribution in [0.25, 0.3) is 0 Å². The lowest BCUT2D eigenvalue weighted by atomic mass is 9.85. The predicted octanol–water partition coefficient (Wildman–Crippen LogP) is 2.22. The molecule has 0 aromatic carbocycles. The smallest absolute Gasteiger partial charge is 0.0547 e. The molecule has 2 heterocycles. The van der Waals surface area contributed by atoms with Crippen molar-refractivity contribution in [2.75, 3.05) is 50.9 Å². The SMILES string of the molecule is CC(C)(C)NCC1(CN2CCCSCC2)CCOC1. The summed E-state index contributed by atoms with van der Waals surface area (Å²) in [6.45, 7) is 13.4. The molecule has 112 valence electrons. The Hall–Kier alpha value is 0.230. The molecule has 0 aromatic rings. The van der Waals surface area contributed by atoms with E-state index >= 15 is 0 Å². The summed E-state index contributed by atoms with van der Waals surface area (Å²) in [5, 5.41) is 3.70. The van der Waals surface area contributed by atoms with Gasteiger partial charge in [-0.05, 0) is 45.9 Å². The van der Waals surface area contributed by atoms with Gasteiger partial charge < -0.3 is 15.0 Å². The zero-order valence-electron chi connectivity index (χ0n) is 12.8. The number of hydrogen-bond donors (Lipinski definition) is 1. The van der Waals surface area contributed by atoms with Crippen LogP contribution in [0.4, 0.5) is 0 Å². The highest BCUT2D eigenvalue weighted by Crippen LogP contribution is 2.30. The van der Waals surface area contributed by atoms with Crippen LogP contribution < -0.4 is 5.32 Å². The zero-order chi connectivity index (χ0) is 13.8. The molecular formula is C15H30N2OS. The van der Waals surface area contributed by atoms with E-state index in [0.29, 0.717) is 5.41 Å². The average molecular weight is 286 g/mol. The summed E-state index contributed by atoms with van der Waals surface area (Å²) in [5.41, 5.74) is 0.534. The molecule has 1 atom stereocenters. The molecule has 2 aliphatic rings. The Labute approximate surface area is 122 Å². The monoisotopic (exact) mass is 286 g/mol. The van der Waals surface area contributed by atoms with Gasteiger partial charge >= 0.3 is 0 Å². The third kappa shape index (κ3) is 5.25. The van der Waals surface area contributed by atoms with E-state index < -0.39 is 0 Å². The molecule has 1 unspecified atom stereocenters. The van der Waals surface area contributed by atoms with Gasteiger partial charge in [-0.25, -0.2) is 0 Å². The molecule has 0 bridgehead atoms. The maximum Gasteiger partial charge on any atom is 0.0547 e. The second-order valence-corrected chi connectivity index (χ2v) is 8.37. The Morgan fingerprint density at radius 3 is 2.79 bits per heavy atom. The van der Waals surface area contributed by atoms with E-state index in [1.54, 1.807) is 0 Å². The maximum absolute atomic E-state index is 5.73. The van der Waals surface area contributed by atoms with Crippen molar-refractivity contribution in [1.82, 2.24) is 10.2 Å². The minimum atomic E-state index is 0.199. The minimum Gasteiger partial charge on any atom is -0.381 e. The standard InChI is InChI=1S/C15H30N2OS/c1-14(2,3)16-11-15(5-8-18-13-15)12-17-6-4-9-19-10-7-17/h16H,4-13H2,1-3H3. The molecule has 0 amide bonds. The van der Waals surface area contributed by atoms with Crippen LogP contribution in [0.2, 0.25) is 0 Å². The summed E-state index contributed by atoms with van der Waals surface area (Å²) in [4.78, 5) is 2.67. The van der Waals surface area contributed by atoms with Gasteiger partial charge in [0.25, 0.3) is 0 Å². The van der Waals surface area contributed by atoms with E-state index in [9.17, 15) is 0 Å². The van der Waals surface area contributed by atoms with Crippen molar-refractivity contribution in [3.05, 3.63) is 0 Å². The molecule has 4 heteroatoms. The second-order valence-electron chi connectivity index (χ2n) is 7.15. The van der Waals surface area contributed by atoms with E-state index in [1.165, 1.54) is 44.0 Å². The van der Waals surface area contributed by atoms with Crippen LogP contribution in [-0.4, -0.2) is 61.3 Å². The van der Waals surface area contributed by atoms with Crippen LogP contribution in [0.5, 0.6) is 0 Å². The fraction of sp³-hybridized carbons (Fsp3) is 1.00. The Kier molecular flexibility index (Phi) is 5.58. The van der Waals surface area contributed by atoms with E-state index in [1.807, 2.05) is 0 Å². The number of thioether (sulfide) groups is 1. The number of ether oxygens (including phenoxy) is 1. The van der Waals surface area contributed by atoms with Crippen molar-refractivity contribution in [2.45, 2.75) is 39.2 Å². The predicted molar refractivity (Wildman–Crippen MR) is 84.0 cm³/mol. The molecule has 0 saturated carbocycles. The summed E-state index contributed by atoms with van der Waals surface area (Å²) < 4.78 is 5.73. The molecule has 19 heavy (non-hydrogen) atoms. The molecule has 0 spiro atoms. The van der Waals surface area contributed by atoms with Gasteiger partial charge in [0.1, 0.15) is 0 Å². The molecule has 0 radical (unpaired) electrons. The molecule has 0 aromatic heterocycles. The van der Waals surface area contributed by atoms with E-state index in [4.69, 9.17) is 4.74 Å². The van der Waals surface area contributed by atoms with Gasteiger partial charge in [-0.15, -0.1) is 0 Å². The first-order chi connectivity index (χ1) is 8.99. The minimum absolute atomic E-state index is 0.199. The first-order valence-corrected chi connectivity index (χ1v) is 8.78. The summed E-state index contributed by atoms with van der Waals surface area (Å²) in [7, 11) is 0. The fourth-order valence-corrected chi connectivity index (χ4v) is 3.78. The van der Waals surface area contributed by atoms with Gasteiger partial charge in [0.05, 0.1) is 6.61 Å². The summed E-state index contributed by atoms with van der Waals surface area (Å²) in [6, 6.07) is 0. The Morgan fingerprint density at radius 2 is 2.11 bits per heavy atom. The zero-order valence-corrected chi connectivity index (χ0v) is 13.7. The highest BCUT2D eigenvalue weighted by molar-refractivity contribution is 7.99. The third-order valence-electron chi connectivity index (χ3n) is 4.05. The third-order valence-corrected chi connectivity index (χ3v) is 5.10. The van der Waals surface area contributed by atoms with Crippen LogP contribution in [0.3, 0.4) is 0 Å². The first kappa shape index (κ1) is 15.6. The number of rotatable bonds is 4. The largest absolute Gasteiger partial charge is 0.381 e. The van der Waals surface area contributed by atoms with Crippen LogP contribution in [0, 0.1) is 5.41 Å². The number of hydrogen-bond acceptors (Lipinski definition) is 4. The molecule has 3 nitrogen and oxygen atoms in total. The first-order valence-electron chi connectivity index (χ1n) is 7.62. The topological polar surface area (TPSA) is 24.5 Å². The van der Waals surface area contributed by atoms with Gasteiger partial charge in [0.2, 0.25) is 0 Å². The van der Waals surface area contributed by atoms with Crippen molar-refractivity contribution < 1.29 is 4.74 Å². The van der Waals surface area contributed by atoms with E-state index in [0.717, 1.165) is 19.8 Å². The number of nitrogens with zero attached hydrogens (tertiary/aromatic N) is 1. The van der Waals surface area contributed by atoms with Crippen molar-refractivity contribution in [2.24, 2.45) is 5.41 Å². The van der Waals surface area contributed by atoms with Crippen molar-refractivity contribution in [3.8, 4) is 0 Å². The van der Waals surface area contributed by atoms with E-state index in [2.05, 4.69) is 42.7 Å². The normalized spacial score (nSPS) is 30.5. The van der Waals surface area contributed by atoms with E-state index in [-0.39, 0.29) is 5.54 Å².